The predicted molar refractivity (Wildman–Crippen MR) is 60.9 cm³/mol. The second-order valence-electron chi connectivity index (χ2n) is 3.26. The third kappa shape index (κ3) is 4.02. The minimum Gasteiger partial charge on any atom is -0.466 e. The highest BCUT2D eigenvalue weighted by molar-refractivity contribution is 5.69. The summed E-state index contributed by atoms with van der Waals surface area (Å²) in [5, 5.41) is 3.06. The highest BCUT2D eigenvalue weighted by Crippen LogP contribution is 2.11. The van der Waals surface area contributed by atoms with E-state index < -0.39 is 0 Å². The van der Waals surface area contributed by atoms with Gasteiger partial charge >= 0.3 is 5.97 Å². The summed E-state index contributed by atoms with van der Waals surface area (Å²) in [4.78, 5) is 11.1. The molecule has 0 aromatic heterocycles. The number of carbonyl (C=O) groups is 1. The number of carbonyl (C=O) groups excluding carboxylic acids is 1. The van der Waals surface area contributed by atoms with Crippen LogP contribution in [0.4, 0.5) is 5.69 Å². The van der Waals surface area contributed by atoms with Crippen molar-refractivity contribution in [3.05, 3.63) is 29.8 Å². The molecule has 0 heterocycles. The lowest BCUT2D eigenvalue weighted by molar-refractivity contribution is -0.143. The van der Waals surface area contributed by atoms with Gasteiger partial charge in [0.15, 0.2) is 0 Å². The maximum Gasteiger partial charge on any atom is 0.306 e. The molecule has 3 nitrogen and oxygen atoms in total. The average Bonchev–Trinajstić information content (AvgIpc) is 2.27. The van der Waals surface area contributed by atoms with Gasteiger partial charge in [-0.15, -0.1) is 0 Å². The first-order valence-corrected chi connectivity index (χ1v) is 5.18. The molecule has 0 spiro atoms. The van der Waals surface area contributed by atoms with Crippen molar-refractivity contribution in [2.75, 3.05) is 19.0 Å². The number of esters is 1. The van der Waals surface area contributed by atoms with E-state index in [2.05, 4.69) is 5.32 Å². The summed E-state index contributed by atoms with van der Waals surface area (Å²) in [5.74, 6) is -0.132. The zero-order valence-electron chi connectivity index (χ0n) is 9.25. The maximum absolute atomic E-state index is 11.1. The van der Waals surface area contributed by atoms with E-state index in [4.69, 9.17) is 4.74 Å². The number of hydrogen-bond donors (Lipinski definition) is 1. The van der Waals surface area contributed by atoms with Gasteiger partial charge in [-0.05, 0) is 31.0 Å². The van der Waals surface area contributed by atoms with Gasteiger partial charge in [-0.3, -0.25) is 4.79 Å². The Bertz CT molecular complexity index is 323. The normalized spacial score (nSPS) is 9.73. The van der Waals surface area contributed by atoms with Crippen LogP contribution in [0.5, 0.6) is 0 Å². The molecule has 0 unspecified atom stereocenters. The van der Waals surface area contributed by atoms with Crippen LogP contribution >= 0.6 is 0 Å². The van der Waals surface area contributed by atoms with Gasteiger partial charge in [0.2, 0.25) is 0 Å². The number of benzene rings is 1. The minimum atomic E-state index is -0.132. The summed E-state index contributed by atoms with van der Waals surface area (Å²) in [6, 6.07) is 8.03. The van der Waals surface area contributed by atoms with Gasteiger partial charge in [-0.2, -0.15) is 0 Å². The van der Waals surface area contributed by atoms with Crippen LogP contribution in [0.1, 0.15) is 18.9 Å². The molecule has 0 atom stereocenters. The first-order valence-electron chi connectivity index (χ1n) is 5.18. The Kier molecular flexibility index (Phi) is 4.68. The Morgan fingerprint density at radius 3 is 2.93 bits per heavy atom. The highest BCUT2D eigenvalue weighted by Gasteiger charge is 2.02. The maximum atomic E-state index is 11.1. The van der Waals surface area contributed by atoms with E-state index in [1.807, 2.05) is 38.2 Å². The molecule has 1 aromatic carbocycles. The molecule has 0 amide bonds. The van der Waals surface area contributed by atoms with Crippen molar-refractivity contribution in [3.8, 4) is 0 Å². The molecule has 3 heteroatoms. The zero-order valence-corrected chi connectivity index (χ0v) is 9.25. The Morgan fingerprint density at radius 1 is 1.47 bits per heavy atom. The van der Waals surface area contributed by atoms with E-state index in [9.17, 15) is 4.79 Å². The second kappa shape index (κ2) is 6.06. The Balaban J connectivity index is 2.46. The molecule has 0 bridgehead atoms. The van der Waals surface area contributed by atoms with Crippen molar-refractivity contribution in [2.45, 2.75) is 19.8 Å². The van der Waals surface area contributed by atoms with Crippen LogP contribution in [-0.2, 0) is 16.0 Å². The Morgan fingerprint density at radius 2 is 2.27 bits per heavy atom. The molecule has 1 N–H and O–H groups in total. The Labute approximate surface area is 90.4 Å². The molecule has 0 saturated heterocycles. The van der Waals surface area contributed by atoms with Crippen LogP contribution in [-0.4, -0.2) is 19.6 Å². The first-order chi connectivity index (χ1) is 7.26. The second-order valence-corrected chi connectivity index (χ2v) is 3.26. The largest absolute Gasteiger partial charge is 0.466 e. The predicted octanol–water partition coefficient (Wildman–Crippen LogP) is 2.22. The molecular formula is C12H17NO2. The van der Waals surface area contributed by atoms with Crippen LogP contribution in [0.3, 0.4) is 0 Å². The average molecular weight is 207 g/mol. The fourth-order valence-electron chi connectivity index (χ4n) is 1.36. The third-order valence-corrected chi connectivity index (χ3v) is 2.14. The fraction of sp³-hybridized carbons (Fsp3) is 0.417. The molecule has 0 fully saturated rings. The lowest BCUT2D eigenvalue weighted by Crippen LogP contribution is -2.05. The summed E-state index contributed by atoms with van der Waals surface area (Å²) in [5.41, 5.74) is 2.21. The van der Waals surface area contributed by atoms with Gasteiger partial charge < -0.3 is 10.1 Å². The lowest BCUT2D eigenvalue weighted by atomic mass is 10.1. The van der Waals surface area contributed by atoms with Gasteiger partial charge in [0.05, 0.1) is 6.61 Å². The van der Waals surface area contributed by atoms with Crippen LogP contribution in [0.25, 0.3) is 0 Å². The number of anilines is 1. The molecule has 0 aliphatic rings. The van der Waals surface area contributed by atoms with Crippen molar-refractivity contribution in [1.82, 2.24) is 0 Å². The monoisotopic (exact) mass is 207 g/mol. The van der Waals surface area contributed by atoms with E-state index in [1.165, 1.54) is 0 Å². The van der Waals surface area contributed by atoms with Gasteiger partial charge in [-0.1, -0.05) is 12.1 Å². The molecule has 1 aromatic rings. The first kappa shape index (κ1) is 11.6. The van der Waals surface area contributed by atoms with Crippen molar-refractivity contribution in [2.24, 2.45) is 0 Å². The highest BCUT2D eigenvalue weighted by atomic mass is 16.5. The van der Waals surface area contributed by atoms with Crippen molar-refractivity contribution in [1.29, 1.82) is 0 Å². The summed E-state index contributed by atoms with van der Waals surface area (Å²) < 4.78 is 4.87. The van der Waals surface area contributed by atoms with Crippen molar-refractivity contribution >= 4 is 11.7 Å². The lowest BCUT2D eigenvalue weighted by Gasteiger charge is -2.04. The summed E-state index contributed by atoms with van der Waals surface area (Å²) in [6.07, 6.45) is 1.18. The van der Waals surface area contributed by atoms with Crippen molar-refractivity contribution in [3.63, 3.8) is 0 Å². The Hall–Kier alpha value is -1.51. The topological polar surface area (TPSA) is 38.3 Å². The van der Waals surface area contributed by atoms with Gasteiger partial charge in [-0.25, -0.2) is 0 Å². The van der Waals surface area contributed by atoms with Gasteiger partial charge in [0.1, 0.15) is 0 Å². The quantitative estimate of drug-likeness (QED) is 0.752. The van der Waals surface area contributed by atoms with E-state index in [0.29, 0.717) is 13.0 Å². The number of nitrogens with one attached hydrogen (secondary N) is 1. The standard InChI is InChI=1S/C12H17NO2/c1-3-15-12(14)8-7-10-5-4-6-11(9-10)13-2/h4-6,9,13H,3,7-8H2,1-2H3. The molecule has 0 saturated carbocycles. The number of hydrogen-bond acceptors (Lipinski definition) is 3. The summed E-state index contributed by atoms with van der Waals surface area (Å²) in [6.45, 7) is 2.27. The summed E-state index contributed by atoms with van der Waals surface area (Å²) in [7, 11) is 1.88. The smallest absolute Gasteiger partial charge is 0.306 e. The van der Waals surface area contributed by atoms with Crippen molar-refractivity contribution < 1.29 is 9.53 Å². The van der Waals surface area contributed by atoms with E-state index in [1.54, 1.807) is 0 Å². The number of aryl methyl sites for hydroxylation is 1. The SMILES string of the molecule is CCOC(=O)CCc1cccc(NC)c1. The molecule has 1 rings (SSSR count). The zero-order chi connectivity index (χ0) is 11.1. The van der Waals surface area contributed by atoms with Gasteiger partial charge in [0, 0.05) is 19.2 Å². The summed E-state index contributed by atoms with van der Waals surface area (Å²) >= 11 is 0. The number of ether oxygens (including phenoxy) is 1. The third-order valence-electron chi connectivity index (χ3n) is 2.14. The molecule has 0 aliphatic carbocycles. The number of rotatable bonds is 5. The molecular weight excluding hydrogens is 190 g/mol. The van der Waals surface area contributed by atoms with E-state index >= 15 is 0 Å². The minimum absolute atomic E-state index is 0.132. The van der Waals surface area contributed by atoms with Crippen LogP contribution in [0, 0.1) is 0 Å². The molecule has 0 radical (unpaired) electrons. The van der Waals surface area contributed by atoms with Crippen LogP contribution in [0.2, 0.25) is 0 Å². The van der Waals surface area contributed by atoms with Crippen LogP contribution in [0.15, 0.2) is 24.3 Å². The molecule has 15 heavy (non-hydrogen) atoms. The molecule has 0 aliphatic heterocycles. The van der Waals surface area contributed by atoms with E-state index in [0.717, 1.165) is 17.7 Å². The van der Waals surface area contributed by atoms with Gasteiger partial charge in [0.25, 0.3) is 0 Å². The fourth-order valence-corrected chi connectivity index (χ4v) is 1.36. The van der Waals surface area contributed by atoms with E-state index in [-0.39, 0.29) is 5.97 Å². The van der Waals surface area contributed by atoms with Crippen LogP contribution < -0.4 is 5.32 Å². The molecule has 82 valence electrons.